The highest BCUT2D eigenvalue weighted by atomic mass is 35.5. The van der Waals surface area contributed by atoms with Gasteiger partial charge in [-0.15, -0.1) is 0 Å². The first-order chi connectivity index (χ1) is 19.8. The number of alkyl halides is 2. The number of nitrogens with one attached hydrogen (secondary N) is 1. The predicted molar refractivity (Wildman–Crippen MR) is 150 cm³/mol. The molecule has 6 rings (SSSR count). The van der Waals surface area contributed by atoms with Crippen molar-refractivity contribution in [2.45, 2.75) is 39.0 Å². The third kappa shape index (κ3) is 5.84. The molecule has 3 aromatic heterocycles. The summed E-state index contributed by atoms with van der Waals surface area (Å²) in [5, 5.41) is 12.6. The number of amides is 1. The predicted octanol–water partition coefficient (Wildman–Crippen LogP) is 4.40. The second-order valence-electron chi connectivity index (χ2n) is 10.9. The Bertz CT molecular complexity index is 1550. The molecule has 1 amide bonds. The maximum atomic E-state index is 13.4. The van der Waals surface area contributed by atoms with Gasteiger partial charge in [-0.1, -0.05) is 11.6 Å². The highest BCUT2D eigenvalue weighted by Crippen LogP contribution is 2.40. The van der Waals surface area contributed by atoms with E-state index in [-0.39, 0.29) is 29.2 Å². The van der Waals surface area contributed by atoms with E-state index < -0.39 is 6.61 Å². The number of benzene rings is 1. The van der Waals surface area contributed by atoms with Crippen LogP contribution in [0.5, 0.6) is 5.75 Å². The van der Waals surface area contributed by atoms with Crippen molar-refractivity contribution in [3.05, 3.63) is 59.6 Å². The van der Waals surface area contributed by atoms with Crippen LogP contribution in [-0.4, -0.2) is 79.9 Å². The molecular formula is C28H31ClF2N8O2. The lowest BCUT2D eigenvalue weighted by Crippen LogP contribution is -2.41. The van der Waals surface area contributed by atoms with Gasteiger partial charge in [-0.05, 0) is 69.1 Å². The molecule has 10 nitrogen and oxygen atoms in total. The SMILES string of the molecule is CN1CCC2(CC1)CCN(C(=O)Cn1cc(NCc3cnn4cccnc34)c(-c3cc(Cl)ccc3OC(F)F)n1)C2. The van der Waals surface area contributed by atoms with Crippen molar-refractivity contribution in [3.8, 4) is 17.0 Å². The van der Waals surface area contributed by atoms with E-state index in [4.69, 9.17) is 16.3 Å². The minimum atomic E-state index is -3.03. The zero-order chi connectivity index (χ0) is 28.6. The number of hydrogen-bond donors (Lipinski definition) is 1. The molecule has 0 atom stereocenters. The summed E-state index contributed by atoms with van der Waals surface area (Å²) in [6.07, 6.45) is 10.1. The Balaban J connectivity index is 1.27. The average Bonchev–Trinajstić information content (AvgIpc) is 3.67. The number of carbonyl (C=O) groups excluding carboxylic acids is 1. The third-order valence-electron chi connectivity index (χ3n) is 8.13. The summed E-state index contributed by atoms with van der Waals surface area (Å²) in [6.45, 7) is 0.901. The molecule has 0 aliphatic carbocycles. The van der Waals surface area contributed by atoms with Crippen LogP contribution in [-0.2, 0) is 17.9 Å². The van der Waals surface area contributed by atoms with Crippen molar-refractivity contribution in [3.63, 3.8) is 0 Å². The Morgan fingerprint density at radius 3 is 2.83 bits per heavy atom. The lowest BCUT2D eigenvalue weighted by Gasteiger charge is -2.37. The number of ether oxygens (including phenoxy) is 1. The number of carbonyl (C=O) groups is 1. The van der Waals surface area contributed by atoms with Gasteiger partial charge in [0.15, 0.2) is 5.65 Å². The van der Waals surface area contributed by atoms with E-state index in [9.17, 15) is 13.6 Å². The van der Waals surface area contributed by atoms with E-state index in [1.807, 2.05) is 4.90 Å². The molecule has 1 aromatic carbocycles. The van der Waals surface area contributed by atoms with Gasteiger partial charge in [0.25, 0.3) is 0 Å². The van der Waals surface area contributed by atoms with Crippen LogP contribution in [0.1, 0.15) is 24.8 Å². The molecule has 4 aromatic rings. The summed E-state index contributed by atoms with van der Waals surface area (Å²) >= 11 is 6.26. The number of likely N-dealkylation sites (tertiary alicyclic amines) is 2. The van der Waals surface area contributed by atoms with E-state index in [1.54, 1.807) is 40.1 Å². The molecule has 2 saturated heterocycles. The van der Waals surface area contributed by atoms with Crippen molar-refractivity contribution < 1.29 is 18.3 Å². The molecule has 0 radical (unpaired) electrons. The van der Waals surface area contributed by atoms with E-state index in [0.717, 1.165) is 51.0 Å². The summed E-state index contributed by atoms with van der Waals surface area (Å²) in [7, 11) is 2.13. The quantitative estimate of drug-likeness (QED) is 0.328. The normalized spacial score (nSPS) is 17.1. The fraction of sp³-hybridized carbons (Fsp3) is 0.429. The van der Waals surface area contributed by atoms with Crippen LogP contribution in [0.15, 0.2) is 49.1 Å². The average molecular weight is 585 g/mol. The minimum Gasteiger partial charge on any atom is -0.434 e. The van der Waals surface area contributed by atoms with Gasteiger partial charge in [0.2, 0.25) is 5.91 Å². The molecule has 13 heteroatoms. The maximum absolute atomic E-state index is 13.4. The topological polar surface area (TPSA) is 92.8 Å². The summed E-state index contributed by atoms with van der Waals surface area (Å²) in [5.41, 5.74) is 2.86. The third-order valence-corrected chi connectivity index (χ3v) is 8.37. The van der Waals surface area contributed by atoms with E-state index in [2.05, 4.69) is 32.4 Å². The number of fused-ring (bicyclic) bond motifs is 1. The number of rotatable bonds is 8. The lowest BCUT2D eigenvalue weighted by molar-refractivity contribution is -0.131. The van der Waals surface area contributed by atoms with Gasteiger partial charge in [-0.25, -0.2) is 9.50 Å². The van der Waals surface area contributed by atoms with Gasteiger partial charge >= 0.3 is 6.61 Å². The molecule has 5 heterocycles. The molecule has 1 spiro atoms. The Labute approximate surface area is 240 Å². The second kappa shape index (κ2) is 11.2. The van der Waals surface area contributed by atoms with Crippen LogP contribution in [0.2, 0.25) is 5.02 Å². The Kier molecular flexibility index (Phi) is 7.52. The Morgan fingerprint density at radius 2 is 2.02 bits per heavy atom. The van der Waals surface area contributed by atoms with Gasteiger partial charge in [0, 0.05) is 54.4 Å². The Morgan fingerprint density at radius 1 is 1.22 bits per heavy atom. The summed E-state index contributed by atoms with van der Waals surface area (Å²) in [4.78, 5) is 22.0. The zero-order valence-electron chi connectivity index (χ0n) is 22.6. The van der Waals surface area contributed by atoms with Crippen molar-refractivity contribution in [2.75, 3.05) is 38.5 Å². The largest absolute Gasteiger partial charge is 0.434 e. The van der Waals surface area contributed by atoms with Crippen LogP contribution < -0.4 is 10.1 Å². The molecule has 0 bridgehead atoms. The highest BCUT2D eigenvalue weighted by molar-refractivity contribution is 6.31. The van der Waals surface area contributed by atoms with Crippen molar-refractivity contribution >= 4 is 28.8 Å². The standard InChI is InChI=1S/C28H31ClF2N8O2/c1-36-10-5-28(6-11-36)7-12-37(18-28)24(40)17-38-16-22(33-14-19-15-34-39-9-2-8-32-26(19)39)25(35-38)21-13-20(29)3-4-23(21)41-27(30)31/h2-4,8-9,13,15-16,27,33H,5-7,10-12,14,17-18H2,1H3. The van der Waals surface area contributed by atoms with E-state index >= 15 is 0 Å². The molecular weight excluding hydrogens is 554 g/mol. The number of hydrogen-bond acceptors (Lipinski definition) is 7. The second-order valence-corrected chi connectivity index (χ2v) is 11.3. The van der Waals surface area contributed by atoms with Gasteiger partial charge in [-0.3, -0.25) is 9.48 Å². The number of aromatic nitrogens is 5. The summed E-state index contributed by atoms with van der Waals surface area (Å²) in [6, 6.07) is 6.18. The van der Waals surface area contributed by atoms with Gasteiger partial charge in [0.05, 0.1) is 11.9 Å². The first-order valence-electron chi connectivity index (χ1n) is 13.6. The van der Waals surface area contributed by atoms with E-state index in [0.29, 0.717) is 28.6 Å². The first-order valence-corrected chi connectivity index (χ1v) is 14.0. The van der Waals surface area contributed by atoms with Crippen LogP contribution >= 0.6 is 11.6 Å². The first kappa shape index (κ1) is 27.4. The summed E-state index contributed by atoms with van der Waals surface area (Å²) in [5.74, 6) is -0.0891. The molecule has 2 aliphatic rings. The van der Waals surface area contributed by atoms with Crippen molar-refractivity contribution in [1.82, 2.24) is 34.2 Å². The van der Waals surface area contributed by atoms with Crippen LogP contribution in [0.4, 0.5) is 14.5 Å². The van der Waals surface area contributed by atoms with Gasteiger partial charge < -0.3 is 19.9 Å². The maximum Gasteiger partial charge on any atom is 0.387 e. The number of piperidine rings is 1. The molecule has 1 N–H and O–H groups in total. The van der Waals surface area contributed by atoms with Crippen LogP contribution in [0.3, 0.4) is 0 Å². The molecule has 2 fully saturated rings. The zero-order valence-corrected chi connectivity index (χ0v) is 23.4. The Hall–Kier alpha value is -3.77. The molecule has 2 aliphatic heterocycles. The molecule has 216 valence electrons. The van der Waals surface area contributed by atoms with Crippen LogP contribution in [0, 0.1) is 5.41 Å². The number of nitrogens with zero attached hydrogens (tertiary/aromatic N) is 7. The van der Waals surface area contributed by atoms with Crippen LogP contribution in [0.25, 0.3) is 16.9 Å². The fourth-order valence-electron chi connectivity index (χ4n) is 5.80. The van der Waals surface area contributed by atoms with Gasteiger partial charge in [-0.2, -0.15) is 19.0 Å². The number of anilines is 1. The fourth-order valence-corrected chi connectivity index (χ4v) is 5.97. The highest BCUT2D eigenvalue weighted by Gasteiger charge is 2.41. The smallest absolute Gasteiger partial charge is 0.387 e. The van der Waals surface area contributed by atoms with E-state index in [1.165, 1.54) is 18.2 Å². The van der Waals surface area contributed by atoms with Crippen molar-refractivity contribution in [1.29, 1.82) is 0 Å². The number of halogens is 3. The van der Waals surface area contributed by atoms with Crippen molar-refractivity contribution in [2.24, 2.45) is 5.41 Å². The molecule has 0 unspecified atom stereocenters. The minimum absolute atomic E-state index is 0.0224. The monoisotopic (exact) mass is 584 g/mol. The van der Waals surface area contributed by atoms with Gasteiger partial charge in [0.1, 0.15) is 18.0 Å². The molecule has 0 saturated carbocycles. The summed E-state index contributed by atoms with van der Waals surface area (Å²) < 4.78 is 34.5. The lowest BCUT2D eigenvalue weighted by atomic mass is 9.78. The molecule has 41 heavy (non-hydrogen) atoms.